The molecular formula is C19H35N3O5. The van der Waals surface area contributed by atoms with Crippen LogP contribution < -0.4 is 17.2 Å². The first-order valence-corrected chi connectivity index (χ1v) is 9.17. The first-order valence-electron chi connectivity index (χ1n) is 9.17. The van der Waals surface area contributed by atoms with E-state index in [-0.39, 0.29) is 0 Å². The summed E-state index contributed by atoms with van der Waals surface area (Å²) < 4.78 is 5.47. The van der Waals surface area contributed by atoms with Crippen molar-refractivity contribution in [1.29, 1.82) is 0 Å². The lowest BCUT2D eigenvalue weighted by Gasteiger charge is -2.06. The molecule has 8 heteroatoms. The van der Waals surface area contributed by atoms with E-state index in [9.17, 15) is 9.59 Å². The first-order chi connectivity index (χ1) is 12.9. The minimum atomic E-state index is -0.990. The second kappa shape index (κ2) is 18.8. The Hall–Kier alpha value is -2.00. The standard InChI is InChI=1S/C13H19NO3.C4H10N2O2.C2H6/c14-12(13(15)16)8-4-5-9-17-10-11-6-2-1-3-7-11;5-2-1-3(6)4(7)8;1-2/h1-3,6-7,12H,4-5,8-10,14H2,(H,15,16);3H,1-2,5-6H2,(H,7,8);1-2H3. The van der Waals surface area contributed by atoms with Crippen LogP contribution >= 0.6 is 0 Å². The van der Waals surface area contributed by atoms with Gasteiger partial charge < -0.3 is 32.2 Å². The van der Waals surface area contributed by atoms with Gasteiger partial charge in [0.1, 0.15) is 12.1 Å². The largest absolute Gasteiger partial charge is 0.480 e. The minimum absolute atomic E-state index is 0.327. The third-order valence-corrected chi connectivity index (χ3v) is 3.28. The number of hydrogen-bond donors (Lipinski definition) is 5. The zero-order valence-electron chi connectivity index (χ0n) is 16.3. The fourth-order valence-corrected chi connectivity index (χ4v) is 1.76. The van der Waals surface area contributed by atoms with E-state index in [0.717, 1.165) is 18.4 Å². The van der Waals surface area contributed by atoms with Gasteiger partial charge in [0.15, 0.2) is 0 Å². The second-order valence-corrected chi connectivity index (χ2v) is 5.50. The molecule has 0 bridgehead atoms. The lowest BCUT2D eigenvalue weighted by molar-refractivity contribution is -0.139. The molecule has 156 valence electrons. The summed E-state index contributed by atoms with van der Waals surface area (Å²) in [4.78, 5) is 20.4. The molecule has 8 nitrogen and oxygen atoms in total. The van der Waals surface area contributed by atoms with Crippen molar-refractivity contribution in [2.24, 2.45) is 17.2 Å². The van der Waals surface area contributed by atoms with Crippen LogP contribution in [0.4, 0.5) is 0 Å². The number of carboxylic acids is 2. The van der Waals surface area contributed by atoms with E-state index in [1.807, 2.05) is 44.2 Å². The average molecular weight is 386 g/mol. The number of ether oxygens (including phenoxy) is 1. The Labute approximate surface area is 161 Å². The molecule has 0 fully saturated rings. The van der Waals surface area contributed by atoms with Crippen LogP contribution in [-0.2, 0) is 20.9 Å². The van der Waals surface area contributed by atoms with Gasteiger partial charge >= 0.3 is 11.9 Å². The highest BCUT2D eigenvalue weighted by atomic mass is 16.5. The van der Waals surface area contributed by atoms with E-state index in [2.05, 4.69) is 0 Å². The summed E-state index contributed by atoms with van der Waals surface area (Å²) in [5.41, 5.74) is 16.6. The third kappa shape index (κ3) is 17.2. The van der Waals surface area contributed by atoms with Crippen molar-refractivity contribution >= 4 is 11.9 Å². The molecule has 2 unspecified atom stereocenters. The predicted octanol–water partition coefficient (Wildman–Crippen LogP) is 1.56. The van der Waals surface area contributed by atoms with Gasteiger partial charge in [0.25, 0.3) is 0 Å². The fourth-order valence-electron chi connectivity index (χ4n) is 1.76. The average Bonchev–Trinajstić information content (AvgIpc) is 2.67. The van der Waals surface area contributed by atoms with Gasteiger partial charge in [-0.15, -0.1) is 0 Å². The number of hydrogen-bond acceptors (Lipinski definition) is 6. The molecule has 0 aliphatic carbocycles. The summed E-state index contributed by atoms with van der Waals surface area (Å²) >= 11 is 0. The second-order valence-electron chi connectivity index (χ2n) is 5.50. The van der Waals surface area contributed by atoms with Gasteiger partial charge in [0.2, 0.25) is 0 Å². The molecule has 27 heavy (non-hydrogen) atoms. The maximum atomic E-state index is 10.4. The summed E-state index contributed by atoms with van der Waals surface area (Å²) in [6, 6.07) is 8.41. The quantitative estimate of drug-likeness (QED) is 0.358. The van der Waals surface area contributed by atoms with Crippen molar-refractivity contribution in [1.82, 2.24) is 0 Å². The lowest BCUT2D eigenvalue weighted by atomic mass is 10.1. The number of aliphatic carboxylic acids is 2. The van der Waals surface area contributed by atoms with Crippen molar-refractivity contribution in [2.75, 3.05) is 13.2 Å². The highest BCUT2D eigenvalue weighted by Gasteiger charge is 2.09. The number of nitrogens with two attached hydrogens (primary N) is 3. The predicted molar refractivity (Wildman–Crippen MR) is 106 cm³/mol. The molecule has 0 radical (unpaired) electrons. The van der Waals surface area contributed by atoms with Crippen LogP contribution in [0.2, 0.25) is 0 Å². The zero-order chi connectivity index (χ0) is 21.1. The fraction of sp³-hybridized carbons (Fsp3) is 0.579. The number of carboxylic acid groups (broad SMARTS) is 2. The van der Waals surface area contributed by atoms with Crippen molar-refractivity contribution < 1.29 is 24.5 Å². The summed E-state index contributed by atoms with van der Waals surface area (Å²) in [5.74, 6) is -1.93. The topological polar surface area (TPSA) is 162 Å². The molecule has 1 rings (SSSR count). The molecule has 1 aromatic rings. The molecule has 0 heterocycles. The van der Waals surface area contributed by atoms with Gasteiger partial charge in [-0.05, 0) is 37.8 Å². The Kier molecular flexibility index (Phi) is 18.9. The van der Waals surface area contributed by atoms with Gasteiger partial charge in [-0.1, -0.05) is 44.2 Å². The van der Waals surface area contributed by atoms with E-state index in [1.165, 1.54) is 0 Å². The molecule has 0 saturated carbocycles. The summed E-state index contributed by atoms with van der Waals surface area (Å²) in [5, 5.41) is 16.7. The first kappa shape index (κ1) is 27.2. The Morgan fingerprint density at radius 1 is 0.963 bits per heavy atom. The molecule has 8 N–H and O–H groups in total. The smallest absolute Gasteiger partial charge is 0.320 e. The van der Waals surface area contributed by atoms with Crippen LogP contribution in [0.25, 0.3) is 0 Å². The summed E-state index contributed by atoms with van der Waals surface area (Å²) in [7, 11) is 0. The van der Waals surface area contributed by atoms with E-state index < -0.39 is 24.0 Å². The van der Waals surface area contributed by atoms with E-state index in [1.54, 1.807) is 0 Å². The number of rotatable bonds is 11. The molecule has 0 amide bonds. The molecule has 0 aliphatic rings. The highest BCUT2D eigenvalue weighted by Crippen LogP contribution is 2.03. The monoisotopic (exact) mass is 385 g/mol. The maximum absolute atomic E-state index is 10.4. The molecule has 0 saturated heterocycles. The molecule has 2 atom stereocenters. The molecule has 0 aromatic heterocycles. The SMILES string of the molecule is CC.NC(CCCCOCc1ccccc1)C(=O)O.NCCC(N)C(=O)O. The van der Waals surface area contributed by atoms with Gasteiger partial charge in [-0.2, -0.15) is 0 Å². The summed E-state index contributed by atoms with van der Waals surface area (Å²) in [6.45, 7) is 5.57. The van der Waals surface area contributed by atoms with Crippen molar-refractivity contribution in [3.05, 3.63) is 35.9 Å². The van der Waals surface area contributed by atoms with Crippen LogP contribution in [0.5, 0.6) is 0 Å². The van der Waals surface area contributed by atoms with Crippen LogP contribution in [0.3, 0.4) is 0 Å². The van der Waals surface area contributed by atoms with Crippen molar-refractivity contribution in [3.8, 4) is 0 Å². The number of benzene rings is 1. The van der Waals surface area contributed by atoms with Crippen molar-refractivity contribution in [3.63, 3.8) is 0 Å². The van der Waals surface area contributed by atoms with Crippen LogP contribution in [0.1, 0.15) is 45.1 Å². The lowest BCUT2D eigenvalue weighted by Crippen LogP contribution is -2.32. The Balaban J connectivity index is 0. The van der Waals surface area contributed by atoms with E-state index >= 15 is 0 Å². The minimum Gasteiger partial charge on any atom is -0.480 e. The van der Waals surface area contributed by atoms with Crippen molar-refractivity contribution in [2.45, 2.75) is 58.2 Å². The normalized spacial score (nSPS) is 11.9. The van der Waals surface area contributed by atoms with Crippen LogP contribution in [0.15, 0.2) is 30.3 Å². The van der Waals surface area contributed by atoms with Gasteiger partial charge in [-0.3, -0.25) is 9.59 Å². The van der Waals surface area contributed by atoms with Gasteiger partial charge in [-0.25, -0.2) is 0 Å². The van der Waals surface area contributed by atoms with E-state index in [0.29, 0.717) is 32.6 Å². The maximum Gasteiger partial charge on any atom is 0.320 e. The molecule has 0 spiro atoms. The summed E-state index contributed by atoms with van der Waals surface area (Å²) in [6.07, 6.45) is 2.47. The van der Waals surface area contributed by atoms with Crippen LogP contribution in [-0.4, -0.2) is 47.4 Å². The molecule has 0 aliphatic heterocycles. The zero-order valence-corrected chi connectivity index (χ0v) is 16.3. The Bertz CT molecular complexity index is 485. The molecular weight excluding hydrogens is 350 g/mol. The highest BCUT2D eigenvalue weighted by molar-refractivity contribution is 5.73. The Morgan fingerprint density at radius 3 is 1.93 bits per heavy atom. The molecule has 1 aromatic carbocycles. The van der Waals surface area contributed by atoms with Gasteiger partial charge in [0.05, 0.1) is 6.61 Å². The van der Waals surface area contributed by atoms with Gasteiger partial charge in [0, 0.05) is 6.61 Å². The number of carbonyl (C=O) groups is 2. The Morgan fingerprint density at radius 2 is 1.48 bits per heavy atom. The third-order valence-electron chi connectivity index (χ3n) is 3.28. The number of unbranched alkanes of at least 4 members (excludes halogenated alkanes) is 1. The van der Waals surface area contributed by atoms with Crippen LogP contribution in [0, 0.1) is 0 Å². The van der Waals surface area contributed by atoms with E-state index in [4.69, 9.17) is 32.2 Å².